The Balaban J connectivity index is 1.31. The Kier molecular flexibility index (Phi) is 5.90. The van der Waals surface area contributed by atoms with Crippen molar-refractivity contribution in [3.8, 4) is 11.4 Å². The molecular weight excluding hydrogens is 448 g/mol. The lowest BCUT2D eigenvalue weighted by atomic mass is 10.1. The number of nitrogens with one attached hydrogen (secondary N) is 1. The van der Waals surface area contributed by atoms with Gasteiger partial charge in [0, 0.05) is 37.4 Å². The number of H-pyrrole nitrogens is 1. The van der Waals surface area contributed by atoms with Gasteiger partial charge < -0.3 is 19.5 Å². The van der Waals surface area contributed by atoms with E-state index in [4.69, 9.17) is 17.0 Å². The number of nitrogens with zero attached hydrogens (tertiary/aromatic N) is 3. The zero-order chi connectivity index (χ0) is 23.7. The minimum Gasteiger partial charge on any atom is -0.497 e. The first-order valence-corrected chi connectivity index (χ1v) is 11.5. The molecule has 1 fully saturated rings. The van der Waals surface area contributed by atoms with Crippen LogP contribution in [0.3, 0.4) is 0 Å². The van der Waals surface area contributed by atoms with Gasteiger partial charge in [-0.15, -0.1) is 0 Å². The van der Waals surface area contributed by atoms with Gasteiger partial charge in [0.15, 0.2) is 4.77 Å². The Morgan fingerprint density at radius 1 is 0.882 bits per heavy atom. The van der Waals surface area contributed by atoms with E-state index in [1.165, 1.54) is 4.57 Å². The average molecular weight is 473 g/mol. The molecule has 4 aromatic rings. The summed E-state index contributed by atoms with van der Waals surface area (Å²) in [5.74, 6) is 0.810. The molecule has 1 N–H and O–H groups in total. The predicted molar refractivity (Wildman–Crippen MR) is 136 cm³/mol. The van der Waals surface area contributed by atoms with Gasteiger partial charge in [-0.25, -0.2) is 0 Å². The third-order valence-corrected chi connectivity index (χ3v) is 6.47. The molecule has 3 aromatic carbocycles. The van der Waals surface area contributed by atoms with Crippen molar-refractivity contribution >= 4 is 34.7 Å². The van der Waals surface area contributed by atoms with E-state index < -0.39 is 0 Å². The van der Waals surface area contributed by atoms with E-state index in [-0.39, 0.29) is 11.5 Å². The van der Waals surface area contributed by atoms with Crippen molar-refractivity contribution in [2.75, 3.05) is 38.2 Å². The second-order valence-electron chi connectivity index (χ2n) is 8.14. The van der Waals surface area contributed by atoms with Crippen LogP contribution in [0.5, 0.6) is 5.75 Å². The molecule has 5 rings (SSSR count). The summed E-state index contributed by atoms with van der Waals surface area (Å²) >= 11 is 5.42. The molecule has 1 aromatic heterocycles. The Morgan fingerprint density at radius 3 is 2.21 bits per heavy atom. The number of piperazine rings is 1. The van der Waals surface area contributed by atoms with Gasteiger partial charge in [-0.2, -0.15) is 0 Å². The Labute approximate surface area is 201 Å². The number of benzene rings is 3. The number of fused-ring (bicyclic) bond motifs is 1. The number of aromatic amines is 1. The van der Waals surface area contributed by atoms with Crippen LogP contribution in [0.25, 0.3) is 16.6 Å². The molecule has 1 aliphatic rings. The van der Waals surface area contributed by atoms with Crippen LogP contribution in [0, 0.1) is 4.77 Å². The molecule has 7 nitrogen and oxygen atoms in total. The lowest BCUT2D eigenvalue weighted by molar-refractivity contribution is 0.0747. The molecule has 1 aliphatic heterocycles. The number of aromatic nitrogens is 2. The van der Waals surface area contributed by atoms with Gasteiger partial charge in [0.25, 0.3) is 11.5 Å². The summed E-state index contributed by atoms with van der Waals surface area (Å²) in [7, 11) is 1.65. The molecule has 2 heterocycles. The van der Waals surface area contributed by atoms with E-state index in [1.54, 1.807) is 37.4 Å². The first-order valence-electron chi connectivity index (χ1n) is 11.1. The fourth-order valence-electron chi connectivity index (χ4n) is 4.29. The number of carbonyl (C=O) groups is 1. The molecule has 8 heteroatoms. The first kappa shape index (κ1) is 21.9. The van der Waals surface area contributed by atoms with Gasteiger partial charge >= 0.3 is 0 Å². The van der Waals surface area contributed by atoms with Crippen molar-refractivity contribution < 1.29 is 9.53 Å². The van der Waals surface area contributed by atoms with Crippen molar-refractivity contribution in [1.82, 2.24) is 14.5 Å². The summed E-state index contributed by atoms with van der Waals surface area (Å²) in [5.41, 5.74) is 2.85. The monoisotopic (exact) mass is 472 g/mol. The maximum absolute atomic E-state index is 13.1. The fraction of sp³-hybridized carbons (Fsp3) is 0.192. The fourth-order valence-corrected chi connectivity index (χ4v) is 4.59. The smallest absolute Gasteiger partial charge is 0.266 e. The van der Waals surface area contributed by atoms with Crippen LogP contribution in [-0.2, 0) is 0 Å². The zero-order valence-electron chi connectivity index (χ0n) is 18.7. The van der Waals surface area contributed by atoms with E-state index in [2.05, 4.69) is 9.88 Å². The molecule has 34 heavy (non-hydrogen) atoms. The Bertz CT molecular complexity index is 1450. The van der Waals surface area contributed by atoms with E-state index in [0.717, 1.165) is 24.5 Å². The van der Waals surface area contributed by atoms with Gasteiger partial charge in [-0.3, -0.25) is 14.2 Å². The maximum atomic E-state index is 13.1. The van der Waals surface area contributed by atoms with Crippen molar-refractivity contribution in [1.29, 1.82) is 0 Å². The minimum atomic E-state index is -0.187. The number of methoxy groups -OCH3 is 1. The van der Waals surface area contributed by atoms with Crippen molar-refractivity contribution in [3.05, 3.63) is 93.5 Å². The molecule has 1 amide bonds. The number of para-hydroxylation sites is 1. The quantitative estimate of drug-likeness (QED) is 0.455. The summed E-state index contributed by atoms with van der Waals surface area (Å²) in [6.45, 7) is 2.81. The Morgan fingerprint density at radius 2 is 1.53 bits per heavy atom. The van der Waals surface area contributed by atoms with Gasteiger partial charge in [0.2, 0.25) is 0 Å². The SMILES string of the molecule is COc1ccc(N2CCN(C(=O)c3ccc(-n4c(=S)[nH]c5ccccc5c4=O)cc3)CC2)cc1. The molecule has 0 spiro atoms. The summed E-state index contributed by atoms with van der Waals surface area (Å²) in [4.78, 5) is 33.3. The summed E-state index contributed by atoms with van der Waals surface area (Å²) in [6.07, 6.45) is 0. The van der Waals surface area contributed by atoms with Crippen LogP contribution in [0.2, 0.25) is 0 Å². The standard InChI is InChI=1S/C26H24N4O3S/c1-33-21-12-10-19(11-13-21)28-14-16-29(17-15-28)24(31)18-6-8-20(9-7-18)30-25(32)22-4-2-3-5-23(22)27-26(30)34/h2-13H,14-17H2,1H3,(H,27,34). The van der Waals surface area contributed by atoms with E-state index in [1.807, 2.05) is 47.4 Å². The number of anilines is 1. The van der Waals surface area contributed by atoms with Crippen LogP contribution >= 0.6 is 12.2 Å². The number of rotatable bonds is 4. The number of ether oxygens (including phenoxy) is 1. The highest BCUT2D eigenvalue weighted by Crippen LogP contribution is 2.21. The molecule has 0 bridgehead atoms. The third-order valence-electron chi connectivity index (χ3n) is 6.18. The molecule has 0 aliphatic carbocycles. The van der Waals surface area contributed by atoms with Gasteiger partial charge in [0.1, 0.15) is 5.75 Å². The maximum Gasteiger partial charge on any atom is 0.266 e. The van der Waals surface area contributed by atoms with Crippen LogP contribution < -0.4 is 15.2 Å². The first-order chi connectivity index (χ1) is 16.5. The van der Waals surface area contributed by atoms with Gasteiger partial charge in [0.05, 0.1) is 23.7 Å². The van der Waals surface area contributed by atoms with Crippen LogP contribution in [0.1, 0.15) is 10.4 Å². The van der Waals surface area contributed by atoms with Crippen LogP contribution in [0.4, 0.5) is 5.69 Å². The highest BCUT2D eigenvalue weighted by molar-refractivity contribution is 7.71. The van der Waals surface area contributed by atoms with E-state index in [9.17, 15) is 9.59 Å². The van der Waals surface area contributed by atoms with Crippen LogP contribution in [-0.4, -0.2) is 53.6 Å². The molecule has 0 atom stereocenters. The molecule has 172 valence electrons. The van der Waals surface area contributed by atoms with Gasteiger partial charge in [-0.1, -0.05) is 12.1 Å². The Hall–Kier alpha value is -3.91. The minimum absolute atomic E-state index is 0.0167. The largest absolute Gasteiger partial charge is 0.497 e. The van der Waals surface area contributed by atoms with Gasteiger partial charge in [-0.05, 0) is 72.9 Å². The van der Waals surface area contributed by atoms with Crippen molar-refractivity contribution in [2.24, 2.45) is 0 Å². The predicted octanol–water partition coefficient (Wildman–Crippen LogP) is 4.02. The molecule has 0 radical (unpaired) electrons. The number of hydrogen-bond acceptors (Lipinski definition) is 5. The molecular formula is C26H24N4O3S. The second-order valence-corrected chi connectivity index (χ2v) is 8.53. The van der Waals surface area contributed by atoms with Crippen LogP contribution in [0.15, 0.2) is 77.6 Å². The van der Waals surface area contributed by atoms with Crippen molar-refractivity contribution in [2.45, 2.75) is 0 Å². The number of carbonyl (C=O) groups excluding carboxylic acids is 1. The van der Waals surface area contributed by atoms with E-state index in [0.29, 0.717) is 40.0 Å². The highest BCUT2D eigenvalue weighted by atomic mass is 32.1. The summed E-state index contributed by atoms with van der Waals surface area (Å²) < 4.78 is 7.00. The third kappa shape index (κ3) is 4.08. The topological polar surface area (TPSA) is 70.6 Å². The lowest BCUT2D eigenvalue weighted by Crippen LogP contribution is -2.48. The zero-order valence-corrected chi connectivity index (χ0v) is 19.5. The van der Waals surface area contributed by atoms with Crippen molar-refractivity contribution in [3.63, 3.8) is 0 Å². The summed E-state index contributed by atoms with van der Waals surface area (Å²) in [6, 6.07) is 22.3. The summed E-state index contributed by atoms with van der Waals surface area (Å²) in [5, 5.41) is 0.561. The average Bonchev–Trinajstić information content (AvgIpc) is 2.89. The molecule has 0 saturated carbocycles. The normalized spacial score (nSPS) is 13.8. The number of hydrogen-bond donors (Lipinski definition) is 1. The molecule has 0 unspecified atom stereocenters. The van der Waals surface area contributed by atoms with E-state index >= 15 is 0 Å². The lowest BCUT2D eigenvalue weighted by Gasteiger charge is -2.36. The second kappa shape index (κ2) is 9.15. The molecule has 1 saturated heterocycles. The number of amides is 1. The highest BCUT2D eigenvalue weighted by Gasteiger charge is 2.22.